The van der Waals surface area contributed by atoms with Crippen LogP contribution in [-0.2, 0) is 13.3 Å². The molecule has 2 aromatic carbocycles. The van der Waals surface area contributed by atoms with Crippen LogP contribution in [0.15, 0.2) is 54.9 Å². The Hall–Kier alpha value is -2.78. The van der Waals surface area contributed by atoms with Crippen molar-refractivity contribution in [3.05, 3.63) is 86.9 Å². The first kappa shape index (κ1) is 24.3. The van der Waals surface area contributed by atoms with Crippen LogP contribution in [0.2, 0.25) is 15.1 Å². The maximum Gasteiger partial charge on any atom is 0.180 e. The van der Waals surface area contributed by atoms with E-state index < -0.39 is 0 Å². The predicted octanol–water partition coefficient (Wildman–Crippen LogP) is 6.55. The zero-order valence-electron chi connectivity index (χ0n) is 18.3. The second-order valence-corrected chi connectivity index (χ2v) is 9.19. The van der Waals surface area contributed by atoms with Gasteiger partial charge < -0.3 is 15.4 Å². The van der Waals surface area contributed by atoms with Crippen molar-refractivity contribution in [1.29, 1.82) is 0 Å². The third-order valence-corrected chi connectivity index (χ3v) is 6.17. The summed E-state index contributed by atoms with van der Waals surface area (Å²) in [4.78, 5) is 0. The summed E-state index contributed by atoms with van der Waals surface area (Å²) < 4.78 is 9.24. The number of thiocarbonyl (C=S) groups is 1. The number of rotatable bonds is 7. The van der Waals surface area contributed by atoms with Gasteiger partial charge in [-0.15, -0.1) is 0 Å². The van der Waals surface area contributed by atoms with E-state index in [2.05, 4.69) is 20.8 Å². The molecule has 2 aromatic heterocycles. The quantitative estimate of drug-likeness (QED) is 0.262. The summed E-state index contributed by atoms with van der Waals surface area (Å²) >= 11 is 23.6. The molecule has 0 saturated carbocycles. The van der Waals surface area contributed by atoms with Gasteiger partial charge in [-0.25, -0.2) is 4.68 Å². The fraction of sp³-hybridized carbons (Fsp3) is 0.174. The Bertz CT molecular complexity index is 1340. The van der Waals surface area contributed by atoms with Gasteiger partial charge >= 0.3 is 0 Å². The first-order valence-electron chi connectivity index (χ1n) is 10.3. The highest BCUT2D eigenvalue weighted by Crippen LogP contribution is 2.25. The summed E-state index contributed by atoms with van der Waals surface area (Å²) in [5.74, 6) is 0.665. The van der Waals surface area contributed by atoms with E-state index >= 15 is 0 Å². The van der Waals surface area contributed by atoms with E-state index in [0.29, 0.717) is 32.5 Å². The molecule has 0 aliphatic heterocycles. The molecule has 11 heteroatoms. The van der Waals surface area contributed by atoms with Gasteiger partial charge in [0.25, 0.3) is 0 Å². The van der Waals surface area contributed by atoms with Gasteiger partial charge in [0.2, 0.25) is 0 Å². The molecule has 0 unspecified atom stereocenters. The highest BCUT2D eigenvalue weighted by molar-refractivity contribution is 7.80. The topological polar surface area (TPSA) is 68.9 Å². The summed E-state index contributed by atoms with van der Waals surface area (Å²) in [6.07, 6.45) is 3.47. The first-order chi connectivity index (χ1) is 16.3. The molecular formula is C23H21Cl3N6OS. The van der Waals surface area contributed by atoms with Crippen molar-refractivity contribution in [3.63, 3.8) is 0 Å². The number of nitrogens with zero attached hydrogens (tertiary/aromatic N) is 4. The summed E-state index contributed by atoms with van der Waals surface area (Å²) in [6, 6.07) is 12.7. The fourth-order valence-corrected chi connectivity index (χ4v) is 4.04. The molecule has 0 fully saturated rings. The number of halogens is 3. The van der Waals surface area contributed by atoms with Gasteiger partial charge in [0, 0.05) is 5.02 Å². The average molecular weight is 536 g/mol. The molecule has 0 amide bonds. The van der Waals surface area contributed by atoms with Crippen LogP contribution < -0.4 is 15.4 Å². The number of hydrogen-bond donors (Lipinski definition) is 2. The normalized spacial score (nSPS) is 10.9. The molecule has 4 aromatic rings. The first-order valence-corrected chi connectivity index (χ1v) is 11.8. The van der Waals surface area contributed by atoms with Crippen molar-refractivity contribution >= 4 is 63.5 Å². The van der Waals surface area contributed by atoms with Crippen LogP contribution in [-0.4, -0.2) is 24.7 Å². The van der Waals surface area contributed by atoms with Crippen molar-refractivity contribution < 1.29 is 4.74 Å². The van der Waals surface area contributed by atoms with E-state index in [1.807, 2.05) is 42.8 Å². The van der Waals surface area contributed by atoms with Crippen LogP contribution in [0.25, 0.3) is 0 Å². The van der Waals surface area contributed by atoms with Crippen molar-refractivity contribution in [2.45, 2.75) is 27.1 Å². The van der Waals surface area contributed by atoms with Crippen LogP contribution in [0.5, 0.6) is 5.75 Å². The second kappa shape index (κ2) is 10.7. The Kier molecular flexibility index (Phi) is 7.63. The molecule has 0 aliphatic carbocycles. The van der Waals surface area contributed by atoms with E-state index in [1.54, 1.807) is 35.3 Å². The maximum absolute atomic E-state index is 6.14. The van der Waals surface area contributed by atoms with Crippen LogP contribution in [0.1, 0.15) is 17.0 Å². The van der Waals surface area contributed by atoms with E-state index in [9.17, 15) is 0 Å². The standard InChI is InChI=1S/C23H21Cl3N6OS/c1-14-22(15(2)32(30-14)11-16-6-7-20(25)21(26)8-16)29-23(34)28-18-10-27-31(12-18)13-33-19-5-3-4-17(24)9-19/h3-10,12H,11,13H2,1-2H3,(H2,28,29,34). The van der Waals surface area contributed by atoms with Gasteiger partial charge in [-0.1, -0.05) is 46.9 Å². The van der Waals surface area contributed by atoms with Crippen LogP contribution >= 0.6 is 47.0 Å². The van der Waals surface area contributed by atoms with Gasteiger partial charge in [0.15, 0.2) is 11.8 Å². The Morgan fingerprint density at radius 2 is 1.88 bits per heavy atom. The third-order valence-electron chi connectivity index (χ3n) is 4.99. The molecule has 4 rings (SSSR count). The number of aromatic nitrogens is 4. The molecule has 0 atom stereocenters. The minimum absolute atomic E-state index is 0.238. The maximum atomic E-state index is 6.14. The van der Waals surface area contributed by atoms with E-state index in [4.69, 9.17) is 51.8 Å². The van der Waals surface area contributed by atoms with E-state index in [0.717, 1.165) is 28.3 Å². The molecule has 2 N–H and O–H groups in total. The van der Waals surface area contributed by atoms with Crippen molar-refractivity contribution in [2.75, 3.05) is 10.6 Å². The molecule has 7 nitrogen and oxygen atoms in total. The van der Waals surface area contributed by atoms with Gasteiger partial charge in [-0.05, 0) is 62.0 Å². The highest BCUT2D eigenvalue weighted by Gasteiger charge is 2.14. The van der Waals surface area contributed by atoms with Crippen LogP contribution in [0.4, 0.5) is 11.4 Å². The number of aryl methyl sites for hydroxylation is 1. The summed E-state index contributed by atoms with van der Waals surface area (Å²) in [6.45, 7) is 4.70. The van der Waals surface area contributed by atoms with Crippen LogP contribution in [0.3, 0.4) is 0 Å². The fourth-order valence-electron chi connectivity index (χ4n) is 3.31. The Morgan fingerprint density at radius 3 is 2.65 bits per heavy atom. The Balaban J connectivity index is 1.36. The highest BCUT2D eigenvalue weighted by atomic mass is 35.5. The van der Waals surface area contributed by atoms with Gasteiger partial charge in [-0.2, -0.15) is 10.2 Å². The molecule has 0 aliphatic rings. The summed E-state index contributed by atoms with van der Waals surface area (Å²) in [5, 5.41) is 17.4. The molecule has 176 valence electrons. The predicted molar refractivity (Wildman–Crippen MR) is 141 cm³/mol. The Labute approximate surface area is 217 Å². The zero-order chi connectivity index (χ0) is 24.2. The second-order valence-electron chi connectivity index (χ2n) is 7.53. The van der Waals surface area contributed by atoms with E-state index in [-0.39, 0.29) is 6.73 Å². The van der Waals surface area contributed by atoms with Crippen molar-refractivity contribution in [1.82, 2.24) is 19.6 Å². The molecule has 34 heavy (non-hydrogen) atoms. The SMILES string of the molecule is Cc1nn(Cc2ccc(Cl)c(Cl)c2)c(C)c1NC(=S)Nc1cnn(COc2cccc(Cl)c2)c1. The molecule has 0 radical (unpaired) electrons. The lowest BCUT2D eigenvalue weighted by molar-refractivity contribution is 0.221. The minimum atomic E-state index is 0.238. The summed E-state index contributed by atoms with van der Waals surface area (Å²) in [7, 11) is 0. The molecule has 2 heterocycles. The average Bonchev–Trinajstić information content (AvgIpc) is 3.34. The van der Waals surface area contributed by atoms with Crippen molar-refractivity contribution in [2.24, 2.45) is 0 Å². The molecule has 0 saturated heterocycles. The van der Waals surface area contributed by atoms with Gasteiger partial charge in [0.1, 0.15) is 5.75 Å². The number of ether oxygens (including phenoxy) is 1. The lowest BCUT2D eigenvalue weighted by Crippen LogP contribution is -2.19. The van der Waals surface area contributed by atoms with Crippen molar-refractivity contribution in [3.8, 4) is 5.75 Å². The summed E-state index contributed by atoms with van der Waals surface area (Å²) in [5.41, 5.74) is 4.34. The molecule has 0 bridgehead atoms. The monoisotopic (exact) mass is 534 g/mol. The number of anilines is 2. The van der Waals surface area contributed by atoms with E-state index in [1.165, 1.54) is 0 Å². The lowest BCUT2D eigenvalue weighted by Gasteiger charge is -2.10. The number of hydrogen-bond acceptors (Lipinski definition) is 4. The lowest BCUT2D eigenvalue weighted by atomic mass is 10.2. The number of nitrogens with one attached hydrogen (secondary N) is 2. The zero-order valence-corrected chi connectivity index (χ0v) is 21.4. The minimum Gasteiger partial charge on any atom is -0.471 e. The Morgan fingerprint density at radius 1 is 1.06 bits per heavy atom. The number of benzene rings is 2. The van der Waals surface area contributed by atoms with Crippen LogP contribution in [0, 0.1) is 13.8 Å². The molecule has 0 spiro atoms. The van der Waals surface area contributed by atoms with Gasteiger partial charge in [0.05, 0.1) is 51.7 Å². The smallest absolute Gasteiger partial charge is 0.180 e. The molecular weight excluding hydrogens is 515 g/mol. The largest absolute Gasteiger partial charge is 0.471 e. The van der Waals surface area contributed by atoms with Gasteiger partial charge in [-0.3, -0.25) is 4.68 Å². The third kappa shape index (κ3) is 6.01.